The quantitative estimate of drug-likeness (QED) is 0.427. The molecule has 2 N–H and O–H groups in total. The van der Waals surface area contributed by atoms with Crippen molar-refractivity contribution < 1.29 is 9.53 Å². The number of para-hydroxylation sites is 1. The first-order chi connectivity index (χ1) is 16.5. The van der Waals surface area contributed by atoms with Gasteiger partial charge in [0.1, 0.15) is 11.8 Å². The van der Waals surface area contributed by atoms with E-state index in [9.17, 15) is 4.79 Å². The van der Waals surface area contributed by atoms with Crippen LogP contribution in [-0.2, 0) is 4.79 Å². The van der Waals surface area contributed by atoms with E-state index in [1.807, 2.05) is 43.3 Å². The zero-order valence-electron chi connectivity index (χ0n) is 18.5. The summed E-state index contributed by atoms with van der Waals surface area (Å²) in [5.74, 6) is 1.41. The van der Waals surface area contributed by atoms with Gasteiger partial charge in [0.2, 0.25) is 5.95 Å². The summed E-state index contributed by atoms with van der Waals surface area (Å²) >= 11 is 6.14. The molecule has 170 valence electrons. The van der Waals surface area contributed by atoms with Gasteiger partial charge in [-0.1, -0.05) is 35.9 Å². The van der Waals surface area contributed by atoms with Crippen LogP contribution in [0.2, 0.25) is 5.02 Å². The SMILES string of the molecule is COc1ccccc1-c1nc2n(n1)[C@H](c1ccc(Cl)cc1)C(C(=O)Nc1cccnc1)=C(C)N2. The molecule has 1 aliphatic rings. The number of nitrogens with zero attached hydrogens (tertiary/aromatic N) is 4. The number of nitrogens with one attached hydrogen (secondary N) is 2. The van der Waals surface area contributed by atoms with E-state index in [0.29, 0.717) is 39.5 Å². The van der Waals surface area contributed by atoms with E-state index in [2.05, 4.69) is 15.6 Å². The van der Waals surface area contributed by atoms with Crippen LogP contribution in [-0.4, -0.2) is 32.8 Å². The monoisotopic (exact) mass is 472 g/mol. The average Bonchev–Trinajstić information content (AvgIpc) is 3.27. The van der Waals surface area contributed by atoms with E-state index in [1.54, 1.807) is 48.5 Å². The van der Waals surface area contributed by atoms with Gasteiger partial charge in [0.15, 0.2) is 5.82 Å². The Kier molecular flexibility index (Phi) is 5.73. The molecule has 3 heterocycles. The zero-order valence-corrected chi connectivity index (χ0v) is 19.2. The molecule has 9 heteroatoms. The molecule has 0 unspecified atom stereocenters. The predicted molar refractivity (Wildman–Crippen MR) is 131 cm³/mol. The average molecular weight is 473 g/mol. The molecule has 0 bridgehead atoms. The molecule has 8 nitrogen and oxygen atoms in total. The van der Waals surface area contributed by atoms with Gasteiger partial charge in [-0.05, 0) is 48.9 Å². The van der Waals surface area contributed by atoms with Crippen LogP contribution in [0.3, 0.4) is 0 Å². The second-order valence-electron chi connectivity index (χ2n) is 7.72. The third-order valence-corrected chi connectivity index (χ3v) is 5.80. The summed E-state index contributed by atoms with van der Waals surface area (Å²) in [5, 5.41) is 11.6. The fraction of sp³-hybridized carbons (Fsp3) is 0.120. The number of hydrogen-bond donors (Lipinski definition) is 2. The molecule has 34 heavy (non-hydrogen) atoms. The van der Waals surface area contributed by atoms with Crippen molar-refractivity contribution >= 4 is 29.1 Å². The number of carbonyl (C=O) groups is 1. The highest BCUT2D eigenvalue weighted by Gasteiger charge is 2.34. The van der Waals surface area contributed by atoms with Crippen LogP contribution in [0.1, 0.15) is 18.5 Å². The summed E-state index contributed by atoms with van der Waals surface area (Å²) in [7, 11) is 1.61. The highest BCUT2D eigenvalue weighted by Crippen LogP contribution is 2.38. The van der Waals surface area contributed by atoms with Crippen molar-refractivity contribution in [1.82, 2.24) is 19.7 Å². The van der Waals surface area contributed by atoms with Crippen LogP contribution >= 0.6 is 11.6 Å². The van der Waals surface area contributed by atoms with E-state index in [1.165, 1.54) is 0 Å². The van der Waals surface area contributed by atoms with Crippen LogP contribution in [0, 0.1) is 0 Å². The number of aromatic nitrogens is 4. The van der Waals surface area contributed by atoms with Crippen LogP contribution in [0.15, 0.2) is 84.3 Å². The number of hydrogen-bond acceptors (Lipinski definition) is 6. The molecule has 2 aromatic heterocycles. The van der Waals surface area contributed by atoms with Crippen molar-refractivity contribution in [3.63, 3.8) is 0 Å². The molecule has 4 aromatic rings. The number of halogens is 1. The third-order valence-electron chi connectivity index (χ3n) is 5.55. The first-order valence-electron chi connectivity index (χ1n) is 10.6. The van der Waals surface area contributed by atoms with Crippen molar-refractivity contribution in [2.24, 2.45) is 0 Å². The van der Waals surface area contributed by atoms with Crippen LogP contribution in [0.25, 0.3) is 11.4 Å². The van der Waals surface area contributed by atoms with Gasteiger partial charge in [0, 0.05) is 16.9 Å². The summed E-state index contributed by atoms with van der Waals surface area (Å²) in [4.78, 5) is 22.3. The van der Waals surface area contributed by atoms with Crippen molar-refractivity contribution in [3.05, 3.63) is 94.9 Å². The predicted octanol–water partition coefficient (Wildman–Crippen LogP) is 4.93. The topological polar surface area (TPSA) is 94.0 Å². The minimum atomic E-state index is -0.527. The molecule has 0 fully saturated rings. The highest BCUT2D eigenvalue weighted by atomic mass is 35.5. The molecule has 0 saturated carbocycles. The highest BCUT2D eigenvalue weighted by molar-refractivity contribution is 6.30. The molecular formula is C25H21ClN6O2. The Morgan fingerprint density at radius 2 is 1.91 bits per heavy atom. The molecule has 1 atom stereocenters. The maximum Gasteiger partial charge on any atom is 0.255 e. The lowest BCUT2D eigenvalue weighted by Gasteiger charge is -2.28. The minimum absolute atomic E-state index is 0.266. The zero-order chi connectivity index (χ0) is 23.7. The van der Waals surface area contributed by atoms with Gasteiger partial charge in [-0.3, -0.25) is 9.78 Å². The van der Waals surface area contributed by atoms with E-state index in [4.69, 9.17) is 26.4 Å². The number of pyridine rings is 1. The van der Waals surface area contributed by atoms with Crippen molar-refractivity contribution in [2.75, 3.05) is 17.7 Å². The van der Waals surface area contributed by atoms with E-state index < -0.39 is 6.04 Å². The van der Waals surface area contributed by atoms with E-state index >= 15 is 0 Å². The van der Waals surface area contributed by atoms with E-state index in [0.717, 1.165) is 11.1 Å². The molecule has 0 saturated heterocycles. The van der Waals surface area contributed by atoms with Gasteiger partial charge in [-0.2, -0.15) is 4.98 Å². The third kappa shape index (κ3) is 3.99. The van der Waals surface area contributed by atoms with Crippen LogP contribution in [0.4, 0.5) is 11.6 Å². The summed E-state index contributed by atoms with van der Waals surface area (Å²) in [6.45, 7) is 1.85. The second kappa shape index (κ2) is 8.99. The van der Waals surface area contributed by atoms with Gasteiger partial charge in [-0.15, -0.1) is 5.10 Å². The molecule has 0 radical (unpaired) electrons. The fourth-order valence-corrected chi connectivity index (χ4v) is 4.10. The minimum Gasteiger partial charge on any atom is -0.496 e. The second-order valence-corrected chi connectivity index (χ2v) is 8.15. The Balaban J connectivity index is 1.62. The summed E-state index contributed by atoms with van der Waals surface area (Å²) < 4.78 is 7.22. The Labute approximate surface area is 201 Å². The first-order valence-corrected chi connectivity index (χ1v) is 11.0. The van der Waals surface area contributed by atoms with Gasteiger partial charge in [0.05, 0.1) is 30.1 Å². The van der Waals surface area contributed by atoms with Gasteiger partial charge >= 0.3 is 0 Å². The fourth-order valence-electron chi connectivity index (χ4n) is 3.98. The van der Waals surface area contributed by atoms with Crippen LogP contribution in [0.5, 0.6) is 5.75 Å². The Hall–Kier alpha value is -4.17. The molecule has 0 spiro atoms. The number of carbonyl (C=O) groups excluding carboxylic acids is 1. The van der Waals surface area contributed by atoms with Crippen LogP contribution < -0.4 is 15.4 Å². The smallest absolute Gasteiger partial charge is 0.255 e. The number of allylic oxidation sites excluding steroid dienone is 1. The number of amides is 1. The summed E-state index contributed by atoms with van der Waals surface area (Å²) in [6, 6.07) is 17.9. The van der Waals surface area contributed by atoms with Gasteiger partial charge in [-0.25, -0.2) is 4.68 Å². The molecular weight excluding hydrogens is 452 g/mol. The first kappa shape index (κ1) is 21.7. The molecule has 1 aliphatic heterocycles. The largest absolute Gasteiger partial charge is 0.496 e. The van der Waals surface area contributed by atoms with Crippen molar-refractivity contribution in [1.29, 1.82) is 0 Å². The number of anilines is 2. The summed E-state index contributed by atoms with van der Waals surface area (Å²) in [5.41, 5.74) is 3.38. The molecule has 0 aliphatic carbocycles. The number of fused-ring (bicyclic) bond motifs is 1. The number of rotatable bonds is 5. The lowest BCUT2D eigenvalue weighted by atomic mass is 9.95. The number of ether oxygens (including phenoxy) is 1. The molecule has 5 rings (SSSR count). The molecule has 2 aromatic carbocycles. The Bertz CT molecular complexity index is 1380. The normalized spacial score (nSPS) is 14.9. The standard InChI is InChI=1S/C25H21ClN6O2/c1-15-21(24(33)29-18-6-5-13-27-14-18)22(16-9-11-17(26)12-10-16)32-25(28-15)30-23(31-32)19-7-3-4-8-20(19)34-2/h3-14,22H,1-2H3,(H,29,33)(H,28,30,31)/t22-/m1/s1. The lowest BCUT2D eigenvalue weighted by Crippen LogP contribution is -2.31. The Morgan fingerprint density at radius 1 is 1.12 bits per heavy atom. The van der Waals surface area contributed by atoms with Crippen molar-refractivity contribution in [3.8, 4) is 17.1 Å². The summed E-state index contributed by atoms with van der Waals surface area (Å²) in [6.07, 6.45) is 3.25. The van der Waals surface area contributed by atoms with Gasteiger partial charge in [0.25, 0.3) is 5.91 Å². The lowest BCUT2D eigenvalue weighted by molar-refractivity contribution is -0.113. The molecule has 1 amide bonds. The number of methoxy groups -OCH3 is 1. The Morgan fingerprint density at radius 3 is 2.65 bits per heavy atom. The number of benzene rings is 2. The van der Waals surface area contributed by atoms with Gasteiger partial charge < -0.3 is 15.4 Å². The maximum atomic E-state index is 13.5. The van der Waals surface area contributed by atoms with E-state index in [-0.39, 0.29) is 5.91 Å². The van der Waals surface area contributed by atoms with Crippen molar-refractivity contribution in [2.45, 2.75) is 13.0 Å². The maximum absolute atomic E-state index is 13.5.